The average molecular weight is 329 g/mol. The van der Waals surface area contributed by atoms with Crippen molar-refractivity contribution >= 4 is 27.3 Å². The molecular weight excluding hydrogens is 308 g/mol. The Balaban J connectivity index is 1.67. The van der Waals surface area contributed by atoms with Gasteiger partial charge in [-0.2, -0.15) is 0 Å². The first-order valence-electron chi connectivity index (χ1n) is 6.94. The molecule has 2 aliphatic rings. The van der Waals surface area contributed by atoms with E-state index in [1.807, 2.05) is 11.3 Å². The highest BCUT2D eigenvalue weighted by Gasteiger charge is 2.32. The van der Waals surface area contributed by atoms with Gasteiger partial charge in [0.15, 0.2) is 0 Å². The van der Waals surface area contributed by atoms with Crippen LogP contribution in [-0.4, -0.2) is 41.5 Å². The Bertz CT molecular complexity index is 406. The number of piperidine rings is 1. The van der Waals surface area contributed by atoms with Crippen molar-refractivity contribution in [2.75, 3.05) is 19.6 Å². The summed E-state index contributed by atoms with van der Waals surface area (Å²) in [6, 6.07) is 3.67. The molecule has 0 saturated carbocycles. The first kappa shape index (κ1) is 13.1. The first-order chi connectivity index (χ1) is 8.74. The van der Waals surface area contributed by atoms with Crippen LogP contribution in [-0.2, 0) is 6.54 Å². The molecule has 0 spiro atoms. The summed E-state index contributed by atoms with van der Waals surface area (Å²) in [5, 5.41) is 2.18. The van der Waals surface area contributed by atoms with Gasteiger partial charge in [-0.25, -0.2) is 0 Å². The third-order valence-corrected chi connectivity index (χ3v) is 6.27. The molecule has 2 atom stereocenters. The summed E-state index contributed by atoms with van der Waals surface area (Å²) in [6.45, 7) is 7.33. The van der Waals surface area contributed by atoms with Gasteiger partial charge in [-0.3, -0.25) is 9.80 Å². The summed E-state index contributed by atoms with van der Waals surface area (Å²) in [5.41, 5.74) is 0. The Morgan fingerprint density at radius 3 is 3.06 bits per heavy atom. The molecule has 0 radical (unpaired) electrons. The van der Waals surface area contributed by atoms with Crippen molar-refractivity contribution < 1.29 is 0 Å². The molecule has 2 fully saturated rings. The highest BCUT2D eigenvalue weighted by atomic mass is 79.9. The number of thiophene rings is 1. The molecule has 18 heavy (non-hydrogen) atoms. The van der Waals surface area contributed by atoms with E-state index in [2.05, 4.69) is 44.1 Å². The van der Waals surface area contributed by atoms with Gasteiger partial charge in [0.25, 0.3) is 0 Å². The minimum Gasteiger partial charge on any atom is -0.298 e. The van der Waals surface area contributed by atoms with Crippen molar-refractivity contribution in [1.82, 2.24) is 9.80 Å². The van der Waals surface area contributed by atoms with Crippen LogP contribution in [0.1, 0.15) is 31.1 Å². The van der Waals surface area contributed by atoms with Crippen molar-refractivity contribution in [2.24, 2.45) is 0 Å². The van der Waals surface area contributed by atoms with E-state index < -0.39 is 0 Å². The summed E-state index contributed by atoms with van der Waals surface area (Å²) in [7, 11) is 0. The topological polar surface area (TPSA) is 6.48 Å². The molecule has 2 nitrogen and oxygen atoms in total. The van der Waals surface area contributed by atoms with Gasteiger partial charge in [0.1, 0.15) is 0 Å². The van der Waals surface area contributed by atoms with Crippen LogP contribution in [0.5, 0.6) is 0 Å². The molecule has 1 aromatic heterocycles. The Morgan fingerprint density at radius 1 is 1.39 bits per heavy atom. The van der Waals surface area contributed by atoms with Crippen molar-refractivity contribution in [1.29, 1.82) is 0 Å². The molecule has 0 aliphatic carbocycles. The monoisotopic (exact) mass is 328 g/mol. The molecule has 1 aromatic rings. The van der Waals surface area contributed by atoms with E-state index in [-0.39, 0.29) is 0 Å². The maximum atomic E-state index is 3.66. The smallest absolute Gasteiger partial charge is 0.0343 e. The molecule has 2 saturated heterocycles. The Kier molecular flexibility index (Phi) is 4.09. The van der Waals surface area contributed by atoms with Crippen LogP contribution in [0.3, 0.4) is 0 Å². The van der Waals surface area contributed by atoms with Crippen LogP contribution in [0.2, 0.25) is 0 Å². The van der Waals surface area contributed by atoms with E-state index >= 15 is 0 Å². The van der Waals surface area contributed by atoms with Crippen molar-refractivity contribution in [3.63, 3.8) is 0 Å². The van der Waals surface area contributed by atoms with Crippen LogP contribution >= 0.6 is 27.3 Å². The zero-order valence-electron chi connectivity index (χ0n) is 10.9. The van der Waals surface area contributed by atoms with Crippen LogP contribution in [0.25, 0.3) is 0 Å². The normalized spacial score (nSPS) is 30.3. The van der Waals surface area contributed by atoms with E-state index in [1.165, 1.54) is 48.2 Å². The third-order valence-electron chi connectivity index (χ3n) is 4.35. The van der Waals surface area contributed by atoms with E-state index in [9.17, 15) is 0 Å². The lowest BCUT2D eigenvalue weighted by atomic mass is 9.97. The van der Waals surface area contributed by atoms with Crippen LogP contribution in [0, 0.1) is 0 Å². The Morgan fingerprint density at radius 2 is 2.28 bits per heavy atom. The predicted molar refractivity (Wildman–Crippen MR) is 81.1 cm³/mol. The fourth-order valence-electron chi connectivity index (χ4n) is 3.26. The van der Waals surface area contributed by atoms with Gasteiger partial charge in [0.05, 0.1) is 0 Å². The molecular formula is C14H21BrN2S. The van der Waals surface area contributed by atoms with Crippen LogP contribution in [0.15, 0.2) is 15.9 Å². The predicted octanol–water partition coefficient (Wildman–Crippen LogP) is 3.57. The first-order valence-corrected chi connectivity index (χ1v) is 8.61. The Hall–Kier alpha value is 0.100. The quantitative estimate of drug-likeness (QED) is 0.818. The number of fused-ring (bicyclic) bond motifs is 1. The van der Waals surface area contributed by atoms with Gasteiger partial charge in [-0.05, 0) is 53.7 Å². The molecule has 3 heterocycles. The molecule has 0 amide bonds. The largest absolute Gasteiger partial charge is 0.298 e. The zero-order chi connectivity index (χ0) is 12.5. The molecule has 2 aliphatic heterocycles. The van der Waals surface area contributed by atoms with Crippen molar-refractivity contribution in [3.05, 3.63) is 20.8 Å². The fourth-order valence-corrected chi connectivity index (χ4v) is 4.76. The summed E-state index contributed by atoms with van der Waals surface area (Å²) in [4.78, 5) is 6.86. The van der Waals surface area contributed by atoms with Gasteiger partial charge >= 0.3 is 0 Å². The second kappa shape index (κ2) is 5.61. The van der Waals surface area contributed by atoms with E-state index in [1.54, 1.807) is 0 Å². The second-order valence-electron chi connectivity index (χ2n) is 5.61. The number of rotatable bonds is 2. The van der Waals surface area contributed by atoms with Crippen molar-refractivity contribution in [2.45, 2.75) is 44.8 Å². The lowest BCUT2D eigenvalue weighted by molar-refractivity contribution is 0.0115. The lowest BCUT2D eigenvalue weighted by Crippen LogP contribution is -2.58. The maximum absolute atomic E-state index is 3.66. The number of nitrogens with zero attached hydrogens (tertiary/aromatic N) is 2. The fraction of sp³-hybridized carbons (Fsp3) is 0.714. The molecule has 0 aromatic carbocycles. The average Bonchev–Trinajstić information content (AvgIpc) is 2.76. The lowest BCUT2D eigenvalue weighted by Gasteiger charge is -2.47. The molecule has 4 heteroatoms. The van der Waals surface area contributed by atoms with Crippen LogP contribution < -0.4 is 0 Å². The highest BCUT2D eigenvalue weighted by Crippen LogP contribution is 2.29. The maximum Gasteiger partial charge on any atom is 0.0343 e. The number of hydrogen-bond donors (Lipinski definition) is 0. The summed E-state index contributed by atoms with van der Waals surface area (Å²) >= 11 is 5.53. The summed E-state index contributed by atoms with van der Waals surface area (Å²) < 4.78 is 1.28. The Labute approximate surface area is 122 Å². The van der Waals surface area contributed by atoms with Gasteiger partial charge in [-0.1, -0.05) is 6.42 Å². The van der Waals surface area contributed by atoms with E-state index in [0.29, 0.717) is 6.04 Å². The number of halogens is 1. The minimum absolute atomic E-state index is 0.688. The zero-order valence-corrected chi connectivity index (χ0v) is 13.3. The third kappa shape index (κ3) is 2.67. The summed E-state index contributed by atoms with van der Waals surface area (Å²) in [5.74, 6) is 0. The molecule has 0 bridgehead atoms. The number of hydrogen-bond acceptors (Lipinski definition) is 3. The van der Waals surface area contributed by atoms with Gasteiger partial charge in [-0.15, -0.1) is 11.3 Å². The van der Waals surface area contributed by atoms with Gasteiger partial charge < -0.3 is 0 Å². The van der Waals surface area contributed by atoms with E-state index in [0.717, 1.165) is 12.6 Å². The van der Waals surface area contributed by atoms with E-state index in [4.69, 9.17) is 0 Å². The molecule has 2 unspecified atom stereocenters. The molecule has 100 valence electrons. The van der Waals surface area contributed by atoms with Crippen LogP contribution in [0.4, 0.5) is 0 Å². The highest BCUT2D eigenvalue weighted by molar-refractivity contribution is 9.10. The molecule has 0 N–H and O–H groups in total. The summed E-state index contributed by atoms with van der Waals surface area (Å²) in [6.07, 6.45) is 4.22. The number of piperazine rings is 1. The van der Waals surface area contributed by atoms with Crippen molar-refractivity contribution in [3.8, 4) is 0 Å². The van der Waals surface area contributed by atoms with Gasteiger partial charge in [0, 0.05) is 41.1 Å². The van der Waals surface area contributed by atoms with Gasteiger partial charge in [0.2, 0.25) is 0 Å². The standard InChI is InChI=1S/C14H21BrN2S/c1-11-8-16-6-3-2-4-12(16)9-17(11)10-14-13(15)5-7-18-14/h5,7,11-12H,2-4,6,8-10H2,1H3. The molecule has 3 rings (SSSR count). The minimum atomic E-state index is 0.688. The SMILES string of the molecule is CC1CN2CCCCC2CN1Cc1sccc1Br. The second-order valence-corrected chi connectivity index (χ2v) is 7.47.